The molecule has 0 aliphatic carbocycles. The topological polar surface area (TPSA) is 38.8 Å². The molecule has 0 bridgehead atoms. The van der Waals surface area contributed by atoms with Crippen LogP contribution in [0, 0.1) is 0 Å². The summed E-state index contributed by atoms with van der Waals surface area (Å²) in [6.07, 6.45) is 0.275. The Bertz CT molecular complexity index is 357. The number of ether oxygens (including phenoxy) is 1. The Labute approximate surface area is 103 Å². The zero-order chi connectivity index (χ0) is 12.0. The zero-order valence-corrected chi connectivity index (χ0v) is 10.9. The van der Waals surface area contributed by atoms with Gasteiger partial charge in [-0.2, -0.15) is 5.06 Å². The van der Waals surface area contributed by atoms with Crippen molar-refractivity contribution in [2.45, 2.75) is 6.42 Å². The molecule has 88 valence electrons. The largest absolute Gasteiger partial charge is 0.451 e. The van der Waals surface area contributed by atoms with Crippen molar-refractivity contribution in [3.05, 3.63) is 29.8 Å². The lowest BCUT2D eigenvalue weighted by molar-refractivity contribution is 0.115. The molecule has 0 aliphatic heterocycles. The van der Waals surface area contributed by atoms with Crippen molar-refractivity contribution >= 4 is 27.7 Å². The summed E-state index contributed by atoms with van der Waals surface area (Å²) in [5.41, 5.74) is 1.72. The number of carbonyl (C=O) groups excluding carboxylic acids is 1. The Morgan fingerprint density at radius 3 is 2.62 bits per heavy atom. The smallest absolute Gasteiger partial charge is 0.438 e. The van der Waals surface area contributed by atoms with Crippen molar-refractivity contribution in [3.8, 4) is 0 Å². The minimum Gasteiger partial charge on any atom is -0.451 e. The molecule has 5 heteroatoms. The lowest BCUT2D eigenvalue weighted by Gasteiger charge is -2.20. The summed E-state index contributed by atoms with van der Waals surface area (Å²) < 4.78 is 4.64. The third-order valence-electron chi connectivity index (χ3n) is 2.10. The number of hydrogen-bond acceptors (Lipinski definition) is 3. The molecule has 0 atom stereocenters. The Morgan fingerprint density at radius 1 is 1.38 bits per heavy atom. The van der Waals surface area contributed by atoms with Crippen molar-refractivity contribution in [2.75, 3.05) is 24.6 Å². The minimum atomic E-state index is -0.537. The number of nitrogens with zero attached hydrogens (tertiary/aromatic N) is 1. The van der Waals surface area contributed by atoms with E-state index in [-0.39, 0.29) is 0 Å². The van der Waals surface area contributed by atoms with Crippen LogP contribution in [0.15, 0.2) is 24.3 Å². The molecule has 0 fully saturated rings. The average molecular weight is 288 g/mol. The molecule has 0 spiro atoms. The normalized spacial score (nSPS) is 9.94. The second-order valence-corrected chi connectivity index (χ2v) is 3.81. The number of benzene rings is 1. The first-order valence-electron chi connectivity index (χ1n) is 4.80. The number of halogens is 1. The van der Waals surface area contributed by atoms with Gasteiger partial charge in [0.1, 0.15) is 0 Å². The fourth-order valence-corrected chi connectivity index (χ4v) is 1.80. The van der Waals surface area contributed by atoms with E-state index >= 15 is 0 Å². The van der Waals surface area contributed by atoms with Gasteiger partial charge < -0.3 is 4.74 Å². The van der Waals surface area contributed by atoms with Gasteiger partial charge in [-0.1, -0.05) is 34.1 Å². The number of aryl methyl sites for hydroxylation is 1. The van der Waals surface area contributed by atoms with E-state index in [9.17, 15) is 4.79 Å². The molecular weight excluding hydrogens is 274 g/mol. The molecule has 0 radical (unpaired) electrons. The predicted octanol–water partition coefficient (Wildman–Crippen LogP) is 2.76. The van der Waals surface area contributed by atoms with Crippen molar-refractivity contribution < 1.29 is 14.4 Å². The number of hydroxylamine groups is 1. The van der Waals surface area contributed by atoms with E-state index in [1.54, 1.807) is 0 Å². The Balaban J connectivity index is 3.03. The van der Waals surface area contributed by atoms with E-state index < -0.39 is 6.09 Å². The van der Waals surface area contributed by atoms with Crippen molar-refractivity contribution in [1.82, 2.24) is 0 Å². The summed E-state index contributed by atoms with van der Waals surface area (Å²) in [6.45, 7) is 0. The van der Waals surface area contributed by atoms with E-state index in [1.165, 1.54) is 14.2 Å². The first kappa shape index (κ1) is 13.0. The SMILES string of the molecule is COC(=O)N(OC)c1ccccc1CCBr. The summed E-state index contributed by atoms with van der Waals surface area (Å²) in [5, 5.41) is 1.96. The van der Waals surface area contributed by atoms with Crippen LogP contribution < -0.4 is 5.06 Å². The number of para-hydroxylation sites is 1. The highest BCUT2D eigenvalue weighted by Gasteiger charge is 2.18. The molecule has 0 saturated carbocycles. The number of carbonyl (C=O) groups is 1. The van der Waals surface area contributed by atoms with E-state index in [0.29, 0.717) is 5.69 Å². The number of rotatable bonds is 4. The van der Waals surface area contributed by atoms with Crippen LogP contribution in [-0.2, 0) is 16.0 Å². The molecule has 0 N–H and O–H groups in total. The fraction of sp³-hybridized carbons (Fsp3) is 0.364. The number of amides is 1. The van der Waals surface area contributed by atoms with Crippen molar-refractivity contribution in [1.29, 1.82) is 0 Å². The van der Waals surface area contributed by atoms with Gasteiger partial charge in [-0.3, -0.25) is 4.84 Å². The molecule has 0 heterocycles. The van der Waals surface area contributed by atoms with Crippen LogP contribution in [0.2, 0.25) is 0 Å². The summed E-state index contributed by atoms with van der Waals surface area (Å²) in [7, 11) is 2.75. The van der Waals surface area contributed by atoms with Crippen LogP contribution in [0.5, 0.6) is 0 Å². The minimum absolute atomic E-state index is 0.537. The molecular formula is C11H14BrNO3. The van der Waals surface area contributed by atoms with Gasteiger partial charge >= 0.3 is 6.09 Å². The molecule has 1 aromatic carbocycles. The fourth-order valence-electron chi connectivity index (χ4n) is 1.38. The van der Waals surface area contributed by atoms with E-state index in [2.05, 4.69) is 20.7 Å². The molecule has 0 saturated heterocycles. The second kappa shape index (κ2) is 6.50. The van der Waals surface area contributed by atoms with Crippen LogP contribution in [0.4, 0.5) is 10.5 Å². The summed E-state index contributed by atoms with van der Waals surface area (Å²) in [4.78, 5) is 16.5. The maximum atomic E-state index is 11.5. The maximum Gasteiger partial charge on any atom is 0.438 e. The van der Waals surface area contributed by atoms with Gasteiger partial charge in [0.2, 0.25) is 0 Å². The average Bonchev–Trinajstić information content (AvgIpc) is 2.32. The molecule has 0 aromatic heterocycles. The Morgan fingerprint density at radius 2 is 2.06 bits per heavy atom. The second-order valence-electron chi connectivity index (χ2n) is 3.01. The highest BCUT2D eigenvalue weighted by molar-refractivity contribution is 9.09. The summed E-state index contributed by atoms with van der Waals surface area (Å²) in [5.74, 6) is 0. The first-order chi connectivity index (χ1) is 7.74. The zero-order valence-electron chi connectivity index (χ0n) is 9.27. The molecule has 1 amide bonds. The van der Waals surface area contributed by atoms with Gasteiger partial charge in [0, 0.05) is 5.33 Å². The van der Waals surface area contributed by atoms with E-state index in [4.69, 9.17) is 4.84 Å². The number of methoxy groups -OCH3 is 1. The van der Waals surface area contributed by atoms with E-state index in [0.717, 1.165) is 22.4 Å². The standard InChI is InChI=1S/C11H14BrNO3/c1-15-11(14)13(16-2)10-6-4-3-5-9(10)7-8-12/h3-6H,7-8H2,1-2H3. The lowest BCUT2D eigenvalue weighted by atomic mass is 10.1. The lowest BCUT2D eigenvalue weighted by Crippen LogP contribution is -2.30. The highest BCUT2D eigenvalue weighted by atomic mass is 79.9. The number of hydrogen-bond donors (Lipinski definition) is 0. The molecule has 16 heavy (non-hydrogen) atoms. The van der Waals surface area contributed by atoms with Gasteiger partial charge in [0.05, 0.1) is 19.9 Å². The third-order valence-corrected chi connectivity index (χ3v) is 2.49. The van der Waals surface area contributed by atoms with Gasteiger partial charge in [-0.05, 0) is 18.1 Å². The highest BCUT2D eigenvalue weighted by Crippen LogP contribution is 2.22. The maximum absolute atomic E-state index is 11.5. The predicted molar refractivity (Wildman–Crippen MR) is 65.8 cm³/mol. The molecule has 1 aromatic rings. The molecule has 1 rings (SSSR count). The van der Waals surface area contributed by atoms with Crippen LogP contribution in [0.25, 0.3) is 0 Å². The van der Waals surface area contributed by atoms with E-state index in [1.807, 2.05) is 24.3 Å². The summed E-state index contributed by atoms with van der Waals surface area (Å²) >= 11 is 3.37. The van der Waals surface area contributed by atoms with Crippen LogP contribution in [0.1, 0.15) is 5.56 Å². The van der Waals surface area contributed by atoms with Crippen molar-refractivity contribution in [2.24, 2.45) is 0 Å². The Hall–Kier alpha value is -1.07. The first-order valence-corrected chi connectivity index (χ1v) is 5.92. The van der Waals surface area contributed by atoms with Crippen LogP contribution in [0.3, 0.4) is 0 Å². The Kier molecular flexibility index (Phi) is 5.28. The van der Waals surface area contributed by atoms with Gasteiger partial charge in [0.15, 0.2) is 0 Å². The quantitative estimate of drug-likeness (QED) is 0.631. The van der Waals surface area contributed by atoms with Crippen LogP contribution >= 0.6 is 15.9 Å². The molecule has 0 aliphatic rings. The summed E-state index contributed by atoms with van der Waals surface area (Å²) in [6, 6.07) is 7.54. The van der Waals surface area contributed by atoms with Gasteiger partial charge in [0.25, 0.3) is 0 Å². The molecule has 0 unspecified atom stereocenters. The monoisotopic (exact) mass is 287 g/mol. The third kappa shape index (κ3) is 2.96. The van der Waals surface area contributed by atoms with Gasteiger partial charge in [-0.25, -0.2) is 4.79 Å². The molecule has 4 nitrogen and oxygen atoms in total. The van der Waals surface area contributed by atoms with Crippen molar-refractivity contribution in [3.63, 3.8) is 0 Å². The van der Waals surface area contributed by atoms with Crippen LogP contribution in [-0.4, -0.2) is 25.6 Å². The number of anilines is 1. The van der Waals surface area contributed by atoms with Gasteiger partial charge in [-0.15, -0.1) is 0 Å². The number of alkyl halides is 1.